The lowest BCUT2D eigenvalue weighted by molar-refractivity contribution is -0.138. The third-order valence-electron chi connectivity index (χ3n) is 2.89. The first-order valence-corrected chi connectivity index (χ1v) is 7.11. The quantitative estimate of drug-likeness (QED) is 0.612. The Morgan fingerprint density at radius 1 is 1.35 bits per heavy atom. The minimum atomic E-state index is -0.655. The van der Waals surface area contributed by atoms with Crippen LogP contribution in [-0.4, -0.2) is 42.7 Å². The summed E-state index contributed by atoms with van der Waals surface area (Å²) in [7, 11) is 0. The number of hydrogen-bond donors (Lipinski definition) is 2. The zero-order valence-corrected chi connectivity index (χ0v) is 13.0. The van der Waals surface area contributed by atoms with E-state index in [1.54, 1.807) is 6.92 Å². The average Bonchev–Trinajstić information content (AvgIpc) is 2.52. The monoisotopic (exact) mass is 339 g/mol. The molecular weight excluding hydrogens is 326 g/mol. The van der Waals surface area contributed by atoms with Crippen LogP contribution in [0.5, 0.6) is 0 Å². The van der Waals surface area contributed by atoms with E-state index < -0.39 is 18.0 Å². The Kier molecular flexibility index (Phi) is 5.53. The van der Waals surface area contributed by atoms with Gasteiger partial charge in [-0.1, -0.05) is 11.6 Å². The van der Waals surface area contributed by atoms with E-state index in [1.165, 1.54) is 18.3 Å². The zero-order chi connectivity index (χ0) is 16.8. The number of carbonyl (C=O) groups is 3. The summed E-state index contributed by atoms with van der Waals surface area (Å²) >= 11 is 5.70. The highest BCUT2D eigenvalue weighted by Gasteiger charge is 2.24. The van der Waals surface area contributed by atoms with Crippen molar-refractivity contribution in [3.8, 4) is 0 Å². The maximum absolute atomic E-state index is 11.9. The number of nitrogens with zero attached hydrogens (tertiary/aromatic N) is 1. The van der Waals surface area contributed by atoms with Crippen molar-refractivity contribution in [2.24, 2.45) is 0 Å². The summed E-state index contributed by atoms with van der Waals surface area (Å²) in [6, 6.07) is 2.30. The number of amides is 2. The van der Waals surface area contributed by atoms with Crippen molar-refractivity contribution in [1.29, 1.82) is 0 Å². The minimum Gasteiger partial charge on any atom is -0.463 e. The molecule has 1 aliphatic rings. The van der Waals surface area contributed by atoms with Crippen molar-refractivity contribution in [3.63, 3.8) is 0 Å². The van der Waals surface area contributed by atoms with E-state index >= 15 is 0 Å². The molecule has 1 aromatic rings. The molecule has 0 spiro atoms. The maximum Gasteiger partial charge on any atom is 0.338 e. The number of nitrogens with one attached hydrogen (secondary N) is 2. The number of aromatic nitrogens is 1. The fourth-order valence-corrected chi connectivity index (χ4v) is 1.99. The summed E-state index contributed by atoms with van der Waals surface area (Å²) in [5.41, 5.74) is 0.594. The van der Waals surface area contributed by atoms with Gasteiger partial charge in [0.1, 0.15) is 11.8 Å². The molecule has 2 N–H and O–H groups in total. The van der Waals surface area contributed by atoms with E-state index in [9.17, 15) is 14.4 Å². The molecule has 2 heterocycles. The maximum atomic E-state index is 11.9. The standard InChI is InChI=1S/C14H14ClN3O5/c1-2-22-13(20)9-6-17-14(21)18-10(9)7-23-12(19)8-3-4-16-11(15)5-8/h3-5H,2,6-7H2,1H3,(H2,17,18,21). The molecule has 0 aliphatic carbocycles. The molecule has 0 radical (unpaired) electrons. The fraction of sp³-hybridized carbons (Fsp3) is 0.286. The van der Waals surface area contributed by atoms with Crippen molar-refractivity contribution in [3.05, 3.63) is 40.3 Å². The van der Waals surface area contributed by atoms with E-state index in [1.807, 2.05) is 0 Å². The van der Waals surface area contributed by atoms with Gasteiger partial charge in [-0.3, -0.25) is 0 Å². The third-order valence-corrected chi connectivity index (χ3v) is 3.09. The van der Waals surface area contributed by atoms with Crippen LogP contribution >= 0.6 is 11.6 Å². The van der Waals surface area contributed by atoms with Crippen LogP contribution in [-0.2, 0) is 14.3 Å². The predicted molar refractivity (Wildman–Crippen MR) is 79.7 cm³/mol. The molecule has 122 valence electrons. The Hall–Kier alpha value is -2.61. The van der Waals surface area contributed by atoms with Crippen molar-refractivity contribution in [2.45, 2.75) is 6.92 Å². The molecule has 8 nitrogen and oxygen atoms in total. The van der Waals surface area contributed by atoms with Crippen LogP contribution in [0.25, 0.3) is 0 Å². The number of hydrogen-bond acceptors (Lipinski definition) is 6. The fourth-order valence-electron chi connectivity index (χ4n) is 1.82. The lowest BCUT2D eigenvalue weighted by atomic mass is 10.1. The molecule has 0 unspecified atom stereocenters. The molecular formula is C14H14ClN3O5. The SMILES string of the molecule is CCOC(=O)C1=C(COC(=O)c2ccnc(Cl)c2)NC(=O)NC1. The first-order valence-electron chi connectivity index (χ1n) is 6.74. The van der Waals surface area contributed by atoms with Gasteiger partial charge in [-0.2, -0.15) is 0 Å². The number of carbonyl (C=O) groups excluding carboxylic acids is 3. The molecule has 0 saturated heterocycles. The summed E-state index contributed by atoms with van der Waals surface area (Å²) in [5, 5.41) is 5.04. The molecule has 1 aromatic heterocycles. The van der Waals surface area contributed by atoms with Gasteiger partial charge in [0.2, 0.25) is 0 Å². The number of urea groups is 1. The van der Waals surface area contributed by atoms with Crippen molar-refractivity contribution < 1.29 is 23.9 Å². The Bertz CT molecular complexity index is 674. The molecule has 9 heteroatoms. The van der Waals surface area contributed by atoms with E-state index in [2.05, 4.69) is 15.6 Å². The summed E-state index contributed by atoms with van der Waals surface area (Å²) in [6.45, 7) is 1.58. The van der Waals surface area contributed by atoms with Crippen LogP contribution in [0.1, 0.15) is 17.3 Å². The van der Waals surface area contributed by atoms with Crippen LogP contribution in [0.3, 0.4) is 0 Å². The van der Waals surface area contributed by atoms with Crippen LogP contribution in [0.2, 0.25) is 5.15 Å². The van der Waals surface area contributed by atoms with Gasteiger partial charge in [0.05, 0.1) is 30.0 Å². The Balaban J connectivity index is 2.10. The topological polar surface area (TPSA) is 107 Å². The average molecular weight is 340 g/mol. The molecule has 23 heavy (non-hydrogen) atoms. The van der Waals surface area contributed by atoms with Crippen molar-refractivity contribution >= 4 is 29.6 Å². The molecule has 0 bridgehead atoms. The number of pyridine rings is 1. The van der Waals surface area contributed by atoms with Crippen LogP contribution in [0, 0.1) is 0 Å². The second-order valence-electron chi connectivity index (χ2n) is 4.43. The summed E-state index contributed by atoms with van der Waals surface area (Å²) < 4.78 is 10.00. The second kappa shape index (κ2) is 7.59. The molecule has 0 fully saturated rings. The van der Waals surface area contributed by atoms with Crippen molar-refractivity contribution in [2.75, 3.05) is 19.8 Å². The van der Waals surface area contributed by atoms with Gasteiger partial charge in [-0.25, -0.2) is 19.4 Å². The number of rotatable bonds is 5. The van der Waals surface area contributed by atoms with Gasteiger partial charge in [0.15, 0.2) is 0 Å². The zero-order valence-electron chi connectivity index (χ0n) is 12.2. The highest BCUT2D eigenvalue weighted by molar-refractivity contribution is 6.29. The molecule has 0 aromatic carbocycles. The van der Waals surface area contributed by atoms with E-state index in [-0.39, 0.29) is 41.7 Å². The molecule has 0 atom stereocenters. The van der Waals surface area contributed by atoms with E-state index in [0.29, 0.717) is 0 Å². The number of halogens is 1. The lowest BCUT2D eigenvalue weighted by Crippen LogP contribution is -2.45. The van der Waals surface area contributed by atoms with Crippen LogP contribution in [0.15, 0.2) is 29.6 Å². The summed E-state index contributed by atoms with van der Waals surface area (Å²) in [6.07, 6.45) is 1.37. The van der Waals surface area contributed by atoms with Crippen LogP contribution in [0.4, 0.5) is 4.79 Å². The Morgan fingerprint density at radius 3 is 2.83 bits per heavy atom. The Labute approximate surface area is 136 Å². The molecule has 1 aliphatic heterocycles. The Morgan fingerprint density at radius 2 is 2.13 bits per heavy atom. The number of esters is 2. The largest absolute Gasteiger partial charge is 0.463 e. The normalized spacial score (nSPS) is 13.9. The highest BCUT2D eigenvalue weighted by Crippen LogP contribution is 2.12. The first kappa shape index (κ1) is 16.8. The highest BCUT2D eigenvalue weighted by atomic mass is 35.5. The lowest BCUT2D eigenvalue weighted by Gasteiger charge is -2.21. The summed E-state index contributed by atoms with van der Waals surface area (Å²) in [5.74, 6) is -1.24. The van der Waals surface area contributed by atoms with E-state index in [0.717, 1.165) is 0 Å². The predicted octanol–water partition coefficient (Wildman–Crippen LogP) is 1.02. The minimum absolute atomic E-state index is 0.00135. The third kappa shape index (κ3) is 4.43. The smallest absolute Gasteiger partial charge is 0.338 e. The first-order chi connectivity index (χ1) is 11.0. The van der Waals surface area contributed by atoms with Gasteiger partial charge in [0, 0.05) is 6.20 Å². The summed E-state index contributed by atoms with van der Waals surface area (Å²) in [4.78, 5) is 38.9. The van der Waals surface area contributed by atoms with Gasteiger partial charge >= 0.3 is 18.0 Å². The molecule has 2 rings (SSSR count). The second-order valence-corrected chi connectivity index (χ2v) is 4.82. The van der Waals surface area contributed by atoms with Gasteiger partial charge in [-0.15, -0.1) is 0 Å². The number of ether oxygens (including phenoxy) is 2. The van der Waals surface area contributed by atoms with Crippen molar-refractivity contribution in [1.82, 2.24) is 15.6 Å². The molecule has 2 amide bonds. The van der Waals surface area contributed by atoms with E-state index in [4.69, 9.17) is 21.1 Å². The van der Waals surface area contributed by atoms with Crippen LogP contribution < -0.4 is 10.6 Å². The van der Waals surface area contributed by atoms with Gasteiger partial charge < -0.3 is 20.1 Å². The van der Waals surface area contributed by atoms with Gasteiger partial charge in [-0.05, 0) is 19.1 Å². The molecule has 0 saturated carbocycles. The van der Waals surface area contributed by atoms with Gasteiger partial charge in [0.25, 0.3) is 0 Å².